The molecule has 40 heavy (non-hydrogen) atoms. The van der Waals surface area contributed by atoms with Crippen molar-refractivity contribution in [2.45, 2.75) is 58.8 Å². The van der Waals surface area contributed by atoms with Crippen molar-refractivity contribution in [1.82, 2.24) is 4.90 Å². The SMILES string of the molecule is CCCCCc1cc(=O)oc2c([C@H](CCN(CC)CC)c3cc(OC)c(OC)c(OC)c3)c(OC)cc(OC)c12. The van der Waals surface area contributed by atoms with Crippen LogP contribution in [0.2, 0.25) is 0 Å². The molecule has 0 radical (unpaired) electrons. The maximum Gasteiger partial charge on any atom is 0.336 e. The fourth-order valence-electron chi connectivity index (χ4n) is 5.44. The predicted molar refractivity (Wildman–Crippen MR) is 159 cm³/mol. The second-order valence-corrected chi connectivity index (χ2v) is 9.77. The van der Waals surface area contributed by atoms with Gasteiger partial charge < -0.3 is 33.0 Å². The maximum absolute atomic E-state index is 13.0. The molecule has 1 aromatic heterocycles. The van der Waals surface area contributed by atoms with Crippen LogP contribution in [0.1, 0.15) is 69.1 Å². The van der Waals surface area contributed by atoms with E-state index in [9.17, 15) is 4.79 Å². The topological polar surface area (TPSA) is 79.6 Å². The monoisotopic (exact) mass is 555 g/mol. The average Bonchev–Trinajstić information content (AvgIpc) is 2.98. The Labute approximate surface area is 238 Å². The smallest absolute Gasteiger partial charge is 0.336 e. The standard InChI is InChI=1S/C32H45NO7/c1-9-12-13-14-21-19-28(34)40-32-29(21)24(35-4)20-25(36-5)30(32)23(15-16-33(10-2)11-3)22-17-26(37-6)31(39-8)27(18-22)38-7/h17-20,23H,9-16H2,1-8H3/t23-/m1/s1. The molecule has 220 valence electrons. The van der Waals surface area contributed by atoms with Crippen molar-refractivity contribution in [3.8, 4) is 28.7 Å². The molecule has 8 heteroatoms. The molecule has 0 bridgehead atoms. The summed E-state index contributed by atoms with van der Waals surface area (Å²) in [5, 5.41) is 0.814. The van der Waals surface area contributed by atoms with Crippen LogP contribution in [0.3, 0.4) is 0 Å². The Morgan fingerprint density at radius 2 is 1.40 bits per heavy atom. The molecule has 0 fully saturated rings. The van der Waals surface area contributed by atoms with Crippen LogP contribution < -0.4 is 29.3 Å². The summed E-state index contributed by atoms with van der Waals surface area (Å²) in [5.74, 6) is 2.64. The number of methoxy groups -OCH3 is 5. The van der Waals surface area contributed by atoms with Gasteiger partial charge >= 0.3 is 5.63 Å². The first-order valence-electron chi connectivity index (χ1n) is 14.1. The average molecular weight is 556 g/mol. The van der Waals surface area contributed by atoms with Gasteiger partial charge in [0.25, 0.3) is 0 Å². The molecule has 0 amide bonds. The van der Waals surface area contributed by atoms with Crippen LogP contribution in [-0.2, 0) is 6.42 Å². The van der Waals surface area contributed by atoms with Crippen molar-refractivity contribution in [2.24, 2.45) is 0 Å². The predicted octanol–water partition coefficient (Wildman–Crippen LogP) is 6.43. The van der Waals surface area contributed by atoms with Gasteiger partial charge in [-0.25, -0.2) is 4.79 Å². The minimum atomic E-state index is -0.386. The van der Waals surface area contributed by atoms with Crippen molar-refractivity contribution in [3.05, 3.63) is 51.4 Å². The lowest BCUT2D eigenvalue weighted by Crippen LogP contribution is -2.25. The Bertz CT molecular complexity index is 1290. The molecule has 2 aromatic carbocycles. The lowest BCUT2D eigenvalue weighted by atomic mass is 9.85. The Morgan fingerprint density at radius 3 is 1.93 bits per heavy atom. The maximum atomic E-state index is 13.0. The Kier molecular flexibility index (Phi) is 11.6. The summed E-state index contributed by atoms with van der Waals surface area (Å²) in [6.45, 7) is 9.15. The van der Waals surface area contributed by atoms with Crippen molar-refractivity contribution in [3.63, 3.8) is 0 Å². The van der Waals surface area contributed by atoms with E-state index in [0.29, 0.717) is 34.3 Å². The third kappa shape index (κ3) is 6.66. The fourth-order valence-corrected chi connectivity index (χ4v) is 5.44. The van der Waals surface area contributed by atoms with Crippen molar-refractivity contribution >= 4 is 11.0 Å². The third-order valence-corrected chi connectivity index (χ3v) is 7.62. The largest absolute Gasteiger partial charge is 0.496 e. The molecule has 1 heterocycles. The first kappa shape index (κ1) is 31.1. The van der Waals surface area contributed by atoms with Crippen LogP contribution >= 0.6 is 0 Å². The number of ether oxygens (including phenoxy) is 5. The molecular formula is C32H45NO7. The van der Waals surface area contributed by atoms with Crippen molar-refractivity contribution in [1.29, 1.82) is 0 Å². The Hall–Kier alpha value is -3.39. The van der Waals surface area contributed by atoms with E-state index in [1.165, 1.54) is 0 Å². The van der Waals surface area contributed by atoms with Crippen LogP contribution in [0.4, 0.5) is 0 Å². The second-order valence-electron chi connectivity index (χ2n) is 9.77. The van der Waals surface area contributed by atoms with E-state index in [2.05, 4.69) is 25.7 Å². The van der Waals surface area contributed by atoms with Gasteiger partial charge in [0, 0.05) is 23.6 Å². The number of benzene rings is 2. The molecule has 0 aliphatic carbocycles. The van der Waals surface area contributed by atoms with Gasteiger partial charge in [0.1, 0.15) is 17.1 Å². The van der Waals surface area contributed by atoms with Crippen molar-refractivity contribution < 1.29 is 28.1 Å². The molecule has 0 saturated heterocycles. The zero-order chi connectivity index (χ0) is 29.2. The summed E-state index contributed by atoms with van der Waals surface area (Å²) in [7, 11) is 8.07. The molecule has 1 atom stereocenters. The summed E-state index contributed by atoms with van der Waals surface area (Å²) < 4.78 is 34.8. The number of unbranched alkanes of at least 4 members (excludes halogenated alkanes) is 2. The highest BCUT2D eigenvalue weighted by molar-refractivity contribution is 5.92. The minimum absolute atomic E-state index is 0.216. The van der Waals surface area contributed by atoms with Gasteiger partial charge in [0.15, 0.2) is 11.5 Å². The van der Waals surface area contributed by atoms with E-state index in [0.717, 1.165) is 73.8 Å². The summed E-state index contributed by atoms with van der Waals surface area (Å²) >= 11 is 0. The van der Waals surface area contributed by atoms with Gasteiger partial charge in [0.2, 0.25) is 5.75 Å². The quantitative estimate of drug-likeness (QED) is 0.148. The van der Waals surface area contributed by atoms with Gasteiger partial charge in [-0.3, -0.25) is 0 Å². The second kappa shape index (κ2) is 14.8. The van der Waals surface area contributed by atoms with Crippen LogP contribution in [0.15, 0.2) is 33.5 Å². The zero-order valence-corrected chi connectivity index (χ0v) is 25.3. The molecule has 0 saturated carbocycles. The van der Waals surface area contributed by atoms with Gasteiger partial charge in [-0.2, -0.15) is 0 Å². The molecule has 8 nitrogen and oxygen atoms in total. The Morgan fingerprint density at radius 1 is 0.775 bits per heavy atom. The molecule has 0 aliphatic rings. The molecule has 0 spiro atoms. The summed E-state index contributed by atoms with van der Waals surface area (Å²) in [4.78, 5) is 15.3. The molecule has 3 aromatic rings. The number of aryl methyl sites for hydroxylation is 1. The number of hydrogen-bond donors (Lipinski definition) is 0. The summed E-state index contributed by atoms with van der Waals surface area (Å²) in [6, 6.07) is 7.43. The normalized spacial score (nSPS) is 12.0. The van der Waals surface area contributed by atoms with Crippen LogP contribution in [0.5, 0.6) is 28.7 Å². The van der Waals surface area contributed by atoms with Crippen LogP contribution in [0.25, 0.3) is 11.0 Å². The minimum Gasteiger partial charge on any atom is -0.496 e. The van der Waals surface area contributed by atoms with E-state index < -0.39 is 0 Å². The first-order chi connectivity index (χ1) is 19.4. The van der Waals surface area contributed by atoms with Gasteiger partial charge in [-0.15, -0.1) is 0 Å². The van der Waals surface area contributed by atoms with E-state index in [4.69, 9.17) is 28.1 Å². The van der Waals surface area contributed by atoms with Crippen molar-refractivity contribution in [2.75, 3.05) is 55.2 Å². The highest BCUT2D eigenvalue weighted by atomic mass is 16.5. The highest BCUT2D eigenvalue weighted by Crippen LogP contribution is 2.47. The summed E-state index contributed by atoms with van der Waals surface area (Å²) in [5.41, 5.74) is 2.77. The van der Waals surface area contributed by atoms with Gasteiger partial charge in [-0.05, 0) is 62.2 Å². The molecule has 3 rings (SSSR count). The third-order valence-electron chi connectivity index (χ3n) is 7.62. The van der Waals surface area contributed by atoms with Crippen LogP contribution in [-0.4, -0.2) is 60.1 Å². The fraction of sp³-hybridized carbons (Fsp3) is 0.531. The summed E-state index contributed by atoms with van der Waals surface area (Å²) in [6.07, 6.45) is 4.63. The molecular weight excluding hydrogens is 510 g/mol. The molecule has 0 unspecified atom stereocenters. The van der Waals surface area contributed by atoms with E-state index >= 15 is 0 Å². The van der Waals surface area contributed by atoms with Crippen LogP contribution in [0, 0.1) is 0 Å². The van der Waals surface area contributed by atoms with Gasteiger partial charge in [-0.1, -0.05) is 33.6 Å². The number of hydrogen-bond acceptors (Lipinski definition) is 8. The van der Waals surface area contributed by atoms with E-state index in [-0.39, 0.29) is 11.5 Å². The first-order valence-corrected chi connectivity index (χ1v) is 14.1. The lowest BCUT2D eigenvalue weighted by Gasteiger charge is -2.27. The van der Waals surface area contributed by atoms with E-state index in [1.54, 1.807) is 41.6 Å². The zero-order valence-electron chi connectivity index (χ0n) is 25.3. The molecule has 0 aliphatic heterocycles. The van der Waals surface area contributed by atoms with E-state index in [1.807, 2.05) is 18.2 Å². The number of nitrogens with zero attached hydrogens (tertiary/aromatic N) is 1. The highest BCUT2D eigenvalue weighted by Gasteiger charge is 2.29. The lowest BCUT2D eigenvalue weighted by molar-refractivity contribution is 0.292. The number of fused-ring (bicyclic) bond motifs is 1. The molecule has 0 N–H and O–H groups in total. The number of rotatable bonds is 16. The Balaban J connectivity index is 2.39. The van der Waals surface area contributed by atoms with Gasteiger partial charge in [0.05, 0.1) is 40.9 Å².